The van der Waals surface area contributed by atoms with Crippen molar-refractivity contribution in [3.05, 3.63) is 64.1 Å². The quantitative estimate of drug-likeness (QED) is 0.726. The average Bonchev–Trinajstić information content (AvgIpc) is 2.95. The Labute approximate surface area is 174 Å². The number of carbonyl (C=O) groups is 1. The molecule has 4 rings (SSSR count). The van der Waals surface area contributed by atoms with Gasteiger partial charge in [-0.25, -0.2) is 4.39 Å². The first-order valence-electron chi connectivity index (χ1n) is 9.70. The van der Waals surface area contributed by atoms with E-state index in [9.17, 15) is 14.3 Å². The molecule has 1 saturated carbocycles. The summed E-state index contributed by atoms with van der Waals surface area (Å²) in [6.45, 7) is 1.62. The summed E-state index contributed by atoms with van der Waals surface area (Å²) in [5.41, 5.74) is 1.52. The molecule has 0 saturated heterocycles. The van der Waals surface area contributed by atoms with E-state index >= 15 is 0 Å². The van der Waals surface area contributed by atoms with Crippen molar-refractivity contribution in [2.45, 2.75) is 44.2 Å². The van der Waals surface area contributed by atoms with Gasteiger partial charge in [0.15, 0.2) is 0 Å². The number of rotatable bonds is 3. The van der Waals surface area contributed by atoms with Gasteiger partial charge in [0, 0.05) is 12.1 Å². The fourth-order valence-electron chi connectivity index (χ4n) is 4.36. The van der Waals surface area contributed by atoms with Gasteiger partial charge in [0.1, 0.15) is 11.6 Å². The highest BCUT2D eigenvalue weighted by molar-refractivity contribution is 6.30. The Morgan fingerprint density at radius 3 is 2.45 bits per heavy atom. The van der Waals surface area contributed by atoms with Crippen LogP contribution in [0.25, 0.3) is 16.7 Å². The van der Waals surface area contributed by atoms with Gasteiger partial charge in [0.2, 0.25) is 0 Å². The second-order valence-corrected chi connectivity index (χ2v) is 8.27. The molecule has 1 fully saturated rings. The molecule has 1 aliphatic heterocycles. The van der Waals surface area contributed by atoms with Crippen LogP contribution < -0.4 is 5.32 Å². The molecule has 6 heteroatoms. The number of hydrogen-bond acceptors (Lipinski definition) is 3. The van der Waals surface area contributed by atoms with Gasteiger partial charge in [-0.3, -0.25) is 4.79 Å². The fraction of sp³-hybridized carbons (Fsp3) is 0.348. The minimum absolute atomic E-state index is 0.00723. The van der Waals surface area contributed by atoms with Gasteiger partial charge >= 0.3 is 0 Å². The Morgan fingerprint density at radius 2 is 1.83 bits per heavy atom. The monoisotopic (exact) mass is 415 g/mol. The summed E-state index contributed by atoms with van der Waals surface area (Å²) < 4.78 is 20.2. The van der Waals surface area contributed by atoms with Crippen molar-refractivity contribution in [3.63, 3.8) is 0 Å². The molecule has 2 N–H and O–H groups in total. The van der Waals surface area contributed by atoms with Crippen molar-refractivity contribution in [2.75, 3.05) is 7.11 Å². The highest BCUT2D eigenvalue weighted by Gasteiger charge is 2.48. The minimum atomic E-state index is -0.791. The Kier molecular flexibility index (Phi) is 5.13. The molecular formula is C23H23ClFNO3. The van der Waals surface area contributed by atoms with Crippen LogP contribution in [0, 0.1) is 12.7 Å². The van der Waals surface area contributed by atoms with E-state index in [1.807, 2.05) is 0 Å². The molecule has 1 aliphatic carbocycles. The zero-order valence-corrected chi connectivity index (χ0v) is 17.1. The van der Waals surface area contributed by atoms with Crippen molar-refractivity contribution in [3.8, 4) is 11.1 Å². The van der Waals surface area contributed by atoms with Crippen LogP contribution in [0.15, 0.2) is 42.2 Å². The molecule has 29 heavy (non-hydrogen) atoms. The third-order valence-corrected chi connectivity index (χ3v) is 6.43. The largest absolute Gasteiger partial charge is 0.509 e. The van der Waals surface area contributed by atoms with Crippen LogP contribution >= 0.6 is 11.6 Å². The third-order valence-electron chi connectivity index (χ3n) is 6.18. The maximum Gasteiger partial charge on any atom is 0.256 e. The number of aliphatic hydroxyl groups is 1. The van der Waals surface area contributed by atoms with Gasteiger partial charge < -0.3 is 15.2 Å². The number of ether oxygens (including phenoxy) is 1. The van der Waals surface area contributed by atoms with Crippen LogP contribution in [0.5, 0.6) is 0 Å². The SMILES string of the molecule is CO[C@H]1CC[C@@]2(CC1)NC(=O)C(c1cc(-c3ccc(Cl)cc3)cc(F)c1C)=C2O. The Morgan fingerprint density at radius 1 is 1.17 bits per heavy atom. The van der Waals surface area contributed by atoms with Crippen molar-refractivity contribution < 1.29 is 19.0 Å². The first kappa shape index (κ1) is 19.9. The molecule has 2 aliphatic rings. The highest BCUT2D eigenvalue weighted by Crippen LogP contribution is 2.43. The van der Waals surface area contributed by atoms with E-state index in [1.54, 1.807) is 44.4 Å². The van der Waals surface area contributed by atoms with E-state index < -0.39 is 11.4 Å². The molecule has 152 valence electrons. The smallest absolute Gasteiger partial charge is 0.256 e. The van der Waals surface area contributed by atoms with Crippen LogP contribution in [0.3, 0.4) is 0 Å². The van der Waals surface area contributed by atoms with Crippen molar-refractivity contribution in [1.82, 2.24) is 5.32 Å². The Bertz CT molecular complexity index is 992. The number of amides is 1. The van der Waals surface area contributed by atoms with E-state index in [1.165, 1.54) is 6.07 Å². The highest BCUT2D eigenvalue weighted by atomic mass is 35.5. The molecule has 0 bridgehead atoms. The lowest BCUT2D eigenvalue weighted by molar-refractivity contribution is -0.116. The molecule has 2 aromatic carbocycles. The van der Waals surface area contributed by atoms with E-state index in [0.717, 1.165) is 18.4 Å². The van der Waals surface area contributed by atoms with Crippen molar-refractivity contribution >= 4 is 23.1 Å². The predicted octanol–water partition coefficient (Wildman–Crippen LogP) is 5.18. The van der Waals surface area contributed by atoms with Crippen LogP contribution in [0.1, 0.15) is 36.8 Å². The zero-order valence-electron chi connectivity index (χ0n) is 16.4. The van der Waals surface area contributed by atoms with Gasteiger partial charge in [-0.2, -0.15) is 0 Å². The van der Waals surface area contributed by atoms with Gasteiger partial charge in [0.05, 0.1) is 17.2 Å². The average molecular weight is 416 g/mol. The predicted molar refractivity (Wildman–Crippen MR) is 111 cm³/mol. The number of halogens is 2. The molecule has 0 radical (unpaired) electrons. The van der Waals surface area contributed by atoms with Gasteiger partial charge in [-0.05, 0) is 79.1 Å². The molecule has 2 aromatic rings. The summed E-state index contributed by atoms with van der Waals surface area (Å²) in [7, 11) is 1.67. The normalized spacial score (nSPS) is 24.3. The number of aliphatic hydroxyl groups excluding tert-OH is 1. The van der Waals surface area contributed by atoms with Gasteiger partial charge in [0.25, 0.3) is 5.91 Å². The van der Waals surface area contributed by atoms with Crippen molar-refractivity contribution in [1.29, 1.82) is 0 Å². The first-order chi connectivity index (χ1) is 13.8. The summed E-state index contributed by atoms with van der Waals surface area (Å²) in [5.74, 6) is -0.786. The number of benzene rings is 2. The lowest BCUT2D eigenvalue weighted by atomic mass is 9.79. The lowest BCUT2D eigenvalue weighted by Crippen LogP contribution is -2.48. The topological polar surface area (TPSA) is 58.6 Å². The van der Waals surface area contributed by atoms with E-state index in [-0.39, 0.29) is 23.3 Å². The number of methoxy groups -OCH3 is 1. The fourth-order valence-corrected chi connectivity index (χ4v) is 4.49. The molecule has 1 amide bonds. The lowest BCUT2D eigenvalue weighted by Gasteiger charge is -2.36. The van der Waals surface area contributed by atoms with E-state index in [4.69, 9.17) is 16.3 Å². The third kappa shape index (κ3) is 3.43. The van der Waals surface area contributed by atoms with Crippen molar-refractivity contribution in [2.24, 2.45) is 0 Å². The molecular weight excluding hydrogens is 393 g/mol. The summed E-state index contributed by atoms with van der Waals surface area (Å²) in [6.07, 6.45) is 2.79. The van der Waals surface area contributed by atoms with Crippen LogP contribution in [-0.2, 0) is 9.53 Å². The second kappa shape index (κ2) is 7.47. The van der Waals surface area contributed by atoms with Crippen LogP contribution in [0.4, 0.5) is 4.39 Å². The molecule has 0 atom stereocenters. The second-order valence-electron chi connectivity index (χ2n) is 7.83. The van der Waals surface area contributed by atoms with Crippen LogP contribution in [0.2, 0.25) is 5.02 Å². The zero-order chi connectivity index (χ0) is 20.8. The summed E-state index contributed by atoms with van der Waals surface area (Å²) >= 11 is 5.96. The van der Waals surface area contributed by atoms with Gasteiger partial charge in [-0.15, -0.1) is 0 Å². The molecule has 0 aromatic heterocycles. The standard InChI is InChI=1S/C23H23ClFNO3/c1-13-18(11-15(12-19(13)25)14-3-5-16(24)6-4-14)20-21(27)23(26-22(20)28)9-7-17(29-2)8-10-23/h3-6,11-12,17,27H,7-10H2,1-2H3,(H,26,28)/t17-,23-. The first-order valence-corrected chi connectivity index (χ1v) is 10.1. The molecule has 0 unspecified atom stereocenters. The number of nitrogens with one attached hydrogen (secondary N) is 1. The molecule has 1 spiro atoms. The number of carbonyl (C=O) groups excluding carboxylic acids is 1. The Balaban J connectivity index is 1.79. The summed E-state index contributed by atoms with van der Waals surface area (Å²) in [4.78, 5) is 12.9. The summed E-state index contributed by atoms with van der Waals surface area (Å²) in [6, 6.07) is 10.3. The van der Waals surface area contributed by atoms with E-state index in [2.05, 4.69) is 5.32 Å². The Hall–Kier alpha value is -2.37. The maximum absolute atomic E-state index is 14.8. The van der Waals surface area contributed by atoms with E-state index in [0.29, 0.717) is 34.6 Å². The molecule has 1 heterocycles. The summed E-state index contributed by atoms with van der Waals surface area (Å²) in [5, 5.41) is 14.6. The van der Waals surface area contributed by atoms with Crippen LogP contribution in [-0.4, -0.2) is 29.8 Å². The molecule has 4 nitrogen and oxygen atoms in total. The van der Waals surface area contributed by atoms with Gasteiger partial charge in [-0.1, -0.05) is 23.7 Å². The minimum Gasteiger partial charge on any atom is -0.509 e. The maximum atomic E-state index is 14.8. The number of hydrogen-bond donors (Lipinski definition) is 2.